The summed E-state index contributed by atoms with van der Waals surface area (Å²) in [6.45, 7) is 6.03. The van der Waals surface area contributed by atoms with E-state index in [0.717, 1.165) is 18.9 Å². The number of likely N-dealkylation sites (tertiary alicyclic amines) is 1. The smallest absolute Gasteiger partial charge is 0.303 e. The van der Waals surface area contributed by atoms with Gasteiger partial charge in [0.05, 0.1) is 0 Å². The third kappa shape index (κ3) is 3.42. The Morgan fingerprint density at radius 2 is 1.67 bits per heavy atom. The van der Waals surface area contributed by atoms with Gasteiger partial charge in [0.15, 0.2) is 0 Å². The number of aliphatic carboxylic acids is 1. The van der Waals surface area contributed by atoms with Crippen LogP contribution in [0.15, 0.2) is 0 Å². The largest absolute Gasteiger partial charge is 0.481 e. The van der Waals surface area contributed by atoms with Gasteiger partial charge in [0.2, 0.25) is 0 Å². The summed E-state index contributed by atoms with van der Waals surface area (Å²) < 4.78 is 0. The number of fused-ring (bicyclic) bond motifs is 2. The van der Waals surface area contributed by atoms with Crippen LogP contribution in [0.25, 0.3) is 0 Å². The molecule has 3 aliphatic heterocycles. The van der Waals surface area contributed by atoms with Crippen molar-refractivity contribution in [2.75, 3.05) is 19.6 Å². The molecular formula is C17H30N2O2. The van der Waals surface area contributed by atoms with E-state index in [-0.39, 0.29) is 0 Å². The third-order valence-corrected chi connectivity index (χ3v) is 5.87. The molecule has 2 bridgehead atoms. The molecule has 0 aromatic rings. The topological polar surface area (TPSA) is 43.8 Å². The average Bonchev–Trinajstić information content (AvgIpc) is 2.71. The van der Waals surface area contributed by atoms with Crippen LogP contribution in [-0.4, -0.2) is 58.6 Å². The highest BCUT2D eigenvalue weighted by atomic mass is 16.4. The summed E-state index contributed by atoms with van der Waals surface area (Å²) in [5.41, 5.74) is 0. The monoisotopic (exact) mass is 294 g/mol. The molecule has 21 heavy (non-hydrogen) atoms. The molecule has 3 saturated heterocycles. The Bertz CT molecular complexity index is 352. The third-order valence-electron chi connectivity index (χ3n) is 5.87. The maximum atomic E-state index is 11.0. The molecule has 0 amide bonds. The van der Waals surface area contributed by atoms with E-state index in [2.05, 4.69) is 16.7 Å². The first kappa shape index (κ1) is 15.3. The Labute approximate surface area is 128 Å². The number of carbonyl (C=O) groups is 1. The van der Waals surface area contributed by atoms with Crippen molar-refractivity contribution in [3.63, 3.8) is 0 Å². The molecule has 0 radical (unpaired) electrons. The van der Waals surface area contributed by atoms with Crippen molar-refractivity contribution in [2.24, 2.45) is 5.92 Å². The summed E-state index contributed by atoms with van der Waals surface area (Å²) in [5, 5.41) is 9.03. The normalized spacial score (nSPS) is 35.2. The summed E-state index contributed by atoms with van der Waals surface area (Å²) in [5.74, 6) is -0.183. The number of piperidine rings is 2. The van der Waals surface area contributed by atoms with Crippen LogP contribution in [-0.2, 0) is 4.79 Å². The Kier molecular flexibility index (Phi) is 4.85. The van der Waals surface area contributed by atoms with Gasteiger partial charge in [-0.05, 0) is 70.5 Å². The highest BCUT2D eigenvalue weighted by Crippen LogP contribution is 2.42. The number of carboxylic acid groups (broad SMARTS) is 1. The zero-order valence-electron chi connectivity index (χ0n) is 13.3. The molecule has 3 heterocycles. The summed E-state index contributed by atoms with van der Waals surface area (Å²) in [6, 6.07) is 2.12. The van der Waals surface area contributed by atoms with Gasteiger partial charge in [0.25, 0.3) is 0 Å². The second kappa shape index (κ2) is 6.66. The number of carboxylic acids is 1. The van der Waals surface area contributed by atoms with Crippen molar-refractivity contribution in [2.45, 2.75) is 76.4 Å². The molecule has 4 heteroatoms. The summed E-state index contributed by atoms with van der Waals surface area (Å²) in [6.07, 6.45) is 9.13. The van der Waals surface area contributed by atoms with Crippen LogP contribution in [0.4, 0.5) is 0 Å². The van der Waals surface area contributed by atoms with Crippen LogP contribution in [0.5, 0.6) is 0 Å². The lowest BCUT2D eigenvalue weighted by Crippen LogP contribution is -2.52. The van der Waals surface area contributed by atoms with Gasteiger partial charge in [0, 0.05) is 24.5 Å². The maximum Gasteiger partial charge on any atom is 0.303 e. The minimum atomic E-state index is -0.610. The van der Waals surface area contributed by atoms with Crippen LogP contribution in [0.2, 0.25) is 0 Å². The maximum absolute atomic E-state index is 11.0. The Morgan fingerprint density at radius 1 is 1.05 bits per heavy atom. The Hall–Kier alpha value is -0.610. The van der Waals surface area contributed by atoms with Crippen molar-refractivity contribution < 1.29 is 9.90 Å². The lowest BCUT2D eigenvalue weighted by Gasteiger charge is -2.46. The molecule has 0 aliphatic carbocycles. The number of hydrogen-bond acceptors (Lipinski definition) is 3. The van der Waals surface area contributed by atoms with Gasteiger partial charge < -0.3 is 10.0 Å². The van der Waals surface area contributed by atoms with E-state index in [1.807, 2.05) is 0 Å². The second-order valence-electron chi connectivity index (χ2n) is 7.34. The van der Waals surface area contributed by atoms with Gasteiger partial charge in [-0.15, -0.1) is 0 Å². The molecule has 3 rings (SSSR count). The fraction of sp³-hybridized carbons (Fsp3) is 0.941. The first-order chi connectivity index (χ1) is 10.2. The number of nitrogens with zero attached hydrogens (tertiary/aromatic N) is 2. The molecule has 120 valence electrons. The lowest BCUT2D eigenvalue weighted by atomic mass is 9.86. The van der Waals surface area contributed by atoms with Gasteiger partial charge in [-0.2, -0.15) is 0 Å². The van der Waals surface area contributed by atoms with Gasteiger partial charge in [-0.25, -0.2) is 0 Å². The SMILES string of the molecule is CCCN1CCC(N2C3CCC2CC(CC(=O)O)C3)CC1. The zero-order chi connectivity index (χ0) is 14.8. The van der Waals surface area contributed by atoms with E-state index in [9.17, 15) is 4.79 Å². The minimum absolute atomic E-state index is 0.385. The molecule has 2 atom stereocenters. The molecule has 0 aromatic heterocycles. The van der Waals surface area contributed by atoms with Crippen molar-refractivity contribution in [1.29, 1.82) is 0 Å². The van der Waals surface area contributed by atoms with E-state index < -0.39 is 5.97 Å². The molecule has 4 nitrogen and oxygen atoms in total. The van der Waals surface area contributed by atoms with E-state index in [1.54, 1.807) is 0 Å². The Balaban J connectivity index is 1.55. The van der Waals surface area contributed by atoms with Gasteiger partial charge >= 0.3 is 5.97 Å². The number of hydrogen-bond donors (Lipinski definition) is 1. The summed E-state index contributed by atoms with van der Waals surface area (Å²) in [4.78, 5) is 16.4. The lowest BCUT2D eigenvalue weighted by molar-refractivity contribution is -0.138. The predicted molar refractivity (Wildman–Crippen MR) is 83.4 cm³/mol. The van der Waals surface area contributed by atoms with Gasteiger partial charge in [-0.1, -0.05) is 6.92 Å². The molecule has 0 spiro atoms. The van der Waals surface area contributed by atoms with E-state index in [0.29, 0.717) is 24.4 Å². The number of rotatable bonds is 5. The fourth-order valence-electron chi connectivity index (χ4n) is 5.09. The van der Waals surface area contributed by atoms with Crippen molar-refractivity contribution in [1.82, 2.24) is 9.80 Å². The molecule has 3 fully saturated rings. The fourth-order valence-corrected chi connectivity index (χ4v) is 5.09. The van der Waals surface area contributed by atoms with E-state index >= 15 is 0 Å². The predicted octanol–water partition coefficient (Wildman–Crippen LogP) is 2.58. The van der Waals surface area contributed by atoms with Crippen LogP contribution >= 0.6 is 0 Å². The highest BCUT2D eigenvalue weighted by molar-refractivity contribution is 5.67. The van der Waals surface area contributed by atoms with Crippen LogP contribution < -0.4 is 0 Å². The molecule has 0 saturated carbocycles. The Morgan fingerprint density at radius 3 is 2.19 bits per heavy atom. The standard InChI is InChI=1S/C17H30N2O2/c1-2-7-18-8-5-14(6-9-18)19-15-3-4-16(19)11-13(10-15)12-17(20)21/h13-16H,2-12H2,1H3,(H,20,21). The molecule has 2 unspecified atom stereocenters. The molecule has 3 aliphatic rings. The molecular weight excluding hydrogens is 264 g/mol. The van der Waals surface area contributed by atoms with Crippen molar-refractivity contribution in [3.8, 4) is 0 Å². The van der Waals surface area contributed by atoms with Crippen molar-refractivity contribution in [3.05, 3.63) is 0 Å². The minimum Gasteiger partial charge on any atom is -0.481 e. The van der Waals surface area contributed by atoms with Crippen LogP contribution in [0.3, 0.4) is 0 Å². The molecule has 1 N–H and O–H groups in total. The summed E-state index contributed by atoms with van der Waals surface area (Å²) in [7, 11) is 0. The van der Waals surface area contributed by atoms with Crippen LogP contribution in [0, 0.1) is 5.92 Å². The average molecular weight is 294 g/mol. The van der Waals surface area contributed by atoms with Gasteiger partial charge in [0.1, 0.15) is 0 Å². The first-order valence-corrected chi connectivity index (χ1v) is 8.89. The van der Waals surface area contributed by atoms with E-state index in [4.69, 9.17) is 5.11 Å². The van der Waals surface area contributed by atoms with Crippen LogP contribution in [0.1, 0.15) is 58.3 Å². The first-order valence-electron chi connectivity index (χ1n) is 8.89. The highest BCUT2D eigenvalue weighted by Gasteiger charge is 2.44. The zero-order valence-corrected chi connectivity index (χ0v) is 13.3. The van der Waals surface area contributed by atoms with Crippen molar-refractivity contribution >= 4 is 5.97 Å². The quantitative estimate of drug-likeness (QED) is 0.846. The second-order valence-corrected chi connectivity index (χ2v) is 7.34. The molecule has 0 aromatic carbocycles. The van der Waals surface area contributed by atoms with E-state index in [1.165, 1.54) is 51.7 Å². The van der Waals surface area contributed by atoms with Gasteiger partial charge in [-0.3, -0.25) is 9.69 Å². The summed E-state index contributed by atoms with van der Waals surface area (Å²) >= 11 is 0.